The van der Waals surface area contributed by atoms with Crippen molar-refractivity contribution < 1.29 is 4.74 Å². The Bertz CT molecular complexity index is 299. The summed E-state index contributed by atoms with van der Waals surface area (Å²) in [5.74, 6) is 0. The summed E-state index contributed by atoms with van der Waals surface area (Å²) in [5.41, 5.74) is 3.14. The van der Waals surface area contributed by atoms with Crippen molar-refractivity contribution in [2.24, 2.45) is 0 Å². The lowest BCUT2D eigenvalue weighted by Gasteiger charge is -1.95. The van der Waals surface area contributed by atoms with E-state index in [1.807, 2.05) is 12.2 Å². The first-order valence-electron chi connectivity index (χ1n) is 7.75. The van der Waals surface area contributed by atoms with Gasteiger partial charge in [-0.3, -0.25) is 0 Å². The van der Waals surface area contributed by atoms with Gasteiger partial charge in [0, 0.05) is 5.33 Å². The summed E-state index contributed by atoms with van der Waals surface area (Å²) < 4.78 is 5.49. The summed E-state index contributed by atoms with van der Waals surface area (Å²) in [7, 11) is 0. The van der Waals surface area contributed by atoms with Gasteiger partial charge in [0.1, 0.15) is 0 Å². The van der Waals surface area contributed by atoms with Gasteiger partial charge in [-0.1, -0.05) is 60.0 Å². The van der Waals surface area contributed by atoms with Gasteiger partial charge in [-0.2, -0.15) is 0 Å². The Labute approximate surface area is 133 Å². The van der Waals surface area contributed by atoms with Crippen LogP contribution in [0, 0.1) is 0 Å². The van der Waals surface area contributed by atoms with Crippen molar-refractivity contribution in [1.82, 2.24) is 0 Å². The average molecular weight is 341 g/mol. The minimum atomic E-state index is 0.711. The molecule has 0 aliphatic rings. The number of hydrogen-bond donors (Lipinski definition) is 0. The third-order valence-corrected chi connectivity index (χ3v) is 3.15. The molecule has 0 radical (unpaired) electrons. The molecule has 0 atom stereocenters. The van der Waals surface area contributed by atoms with Gasteiger partial charge in [0.25, 0.3) is 0 Å². The van der Waals surface area contributed by atoms with Crippen molar-refractivity contribution in [3.63, 3.8) is 0 Å². The molecule has 0 aliphatic heterocycles. The van der Waals surface area contributed by atoms with Gasteiger partial charge in [-0.25, -0.2) is 0 Å². The average Bonchev–Trinajstić information content (AvgIpc) is 2.47. The van der Waals surface area contributed by atoms with Crippen molar-refractivity contribution in [1.29, 1.82) is 0 Å². The SMILES string of the molecule is CCCCC/C=C\C/C=C\COCCC=C=CCCBr. The lowest BCUT2D eigenvalue weighted by Crippen LogP contribution is -1.91. The molecule has 0 aliphatic carbocycles. The first-order valence-corrected chi connectivity index (χ1v) is 8.87. The van der Waals surface area contributed by atoms with E-state index >= 15 is 0 Å². The molecule has 0 heterocycles. The standard InChI is InChI=1S/C18H29BrO/c1-2-3-4-5-6-7-8-11-14-17-20-18-15-12-9-10-13-16-19/h6-7,10-12,14H,2-5,8,13,15-18H2,1H3/b7-6-,14-11-. The van der Waals surface area contributed by atoms with Crippen LogP contribution in [0.4, 0.5) is 0 Å². The van der Waals surface area contributed by atoms with Crippen LogP contribution in [0.5, 0.6) is 0 Å². The van der Waals surface area contributed by atoms with E-state index in [1.165, 1.54) is 25.7 Å². The van der Waals surface area contributed by atoms with Crippen LogP contribution in [-0.2, 0) is 4.74 Å². The fourth-order valence-corrected chi connectivity index (χ4v) is 1.80. The van der Waals surface area contributed by atoms with Crippen molar-refractivity contribution in [3.8, 4) is 0 Å². The number of hydrogen-bond acceptors (Lipinski definition) is 1. The van der Waals surface area contributed by atoms with Crippen LogP contribution >= 0.6 is 15.9 Å². The maximum Gasteiger partial charge on any atom is 0.0647 e. The minimum absolute atomic E-state index is 0.711. The number of ether oxygens (including phenoxy) is 1. The zero-order valence-electron chi connectivity index (χ0n) is 12.8. The fraction of sp³-hybridized carbons (Fsp3) is 0.611. The van der Waals surface area contributed by atoms with E-state index in [-0.39, 0.29) is 0 Å². The third-order valence-electron chi connectivity index (χ3n) is 2.69. The normalized spacial score (nSPS) is 11.1. The van der Waals surface area contributed by atoms with Gasteiger partial charge in [-0.05, 0) is 44.3 Å². The third kappa shape index (κ3) is 17.4. The lowest BCUT2D eigenvalue weighted by atomic mass is 10.2. The predicted octanol–water partition coefficient (Wildman–Crippen LogP) is 5.97. The quantitative estimate of drug-likeness (QED) is 0.173. The monoisotopic (exact) mass is 340 g/mol. The molecule has 0 aromatic carbocycles. The number of rotatable bonds is 13. The van der Waals surface area contributed by atoms with Gasteiger partial charge in [-0.15, -0.1) is 5.73 Å². The molecule has 0 saturated heterocycles. The van der Waals surface area contributed by atoms with Gasteiger partial charge >= 0.3 is 0 Å². The summed E-state index contributed by atoms with van der Waals surface area (Å²) in [6, 6.07) is 0. The topological polar surface area (TPSA) is 9.23 Å². The molecule has 0 N–H and O–H groups in total. The highest BCUT2D eigenvalue weighted by Crippen LogP contribution is 2.00. The van der Waals surface area contributed by atoms with Crippen LogP contribution in [0.25, 0.3) is 0 Å². The second-order valence-electron chi connectivity index (χ2n) is 4.59. The highest BCUT2D eigenvalue weighted by molar-refractivity contribution is 9.09. The molecule has 0 bridgehead atoms. The van der Waals surface area contributed by atoms with Crippen LogP contribution in [0.2, 0.25) is 0 Å². The molecule has 20 heavy (non-hydrogen) atoms. The van der Waals surface area contributed by atoms with Gasteiger partial charge in [0.05, 0.1) is 13.2 Å². The van der Waals surface area contributed by atoms with E-state index in [1.54, 1.807) is 0 Å². The smallest absolute Gasteiger partial charge is 0.0647 e. The fourth-order valence-electron chi connectivity index (χ4n) is 1.57. The van der Waals surface area contributed by atoms with E-state index in [2.05, 4.69) is 52.9 Å². The summed E-state index contributed by atoms with van der Waals surface area (Å²) in [6.45, 7) is 3.72. The van der Waals surface area contributed by atoms with E-state index in [9.17, 15) is 0 Å². The van der Waals surface area contributed by atoms with E-state index in [4.69, 9.17) is 4.74 Å². The Balaban J connectivity index is 3.29. The largest absolute Gasteiger partial charge is 0.377 e. The maximum atomic E-state index is 5.49. The van der Waals surface area contributed by atoms with E-state index < -0.39 is 0 Å². The van der Waals surface area contributed by atoms with E-state index in [0.29, 0.717) is 6.61 Å². The number of allylic oxidation sites excluding steroid dienone is 3. The zero-order valence-corrected chi connectivity index (χ0v) is 14.4. The Hall–Kier alpha value is -0.560. The Morgan fingerprint density at radius 1 is 0.950 bits per heavy atom. The van der Waals surface area contributed by atoms with Gasteiger partial charge < -0.3 is 4.74 Å². The Morgan fingerprint density at radius 3 is 2.55 bits per heavy atom. The zero-order chi connectivity index (χ0) is 14.7. The number of halogens is 1. The van der Waals surface area contributed by atoms with Crippen molar-refractivity contribution >= 4 is 15.9 Å². The summed E-state index contributed by atoms with van der Waals surface area (Å²) in [6.07, 6.45) is 21.0. The molecular weight excluding hydrogens is 312 g/mol. The maximum absolute atomic E-state index is 5.49. The number of alkyl halides is 1. The molecule has 0 saturated carbocycles. The molecule has 0 aromatic rings. The van der Waals surface area contributed by atoms with Gasteiger partial charge in [0.15, 0.2) is 0 Å². The first kappa shape index (κ1) is 19.4. The molecule has 0 unspecified atom stereocenters. The van der Waals surface area contributed by atoms with Crippen LogP contribution in [0.15, 0.2) is 42.2 Å². The number of unbranched alkanes of at least 4 members (excludes halogenated alkanes) is 3. The van der Waals surface area contributed by atoms with Crippen molar-refractivity contribution in [2.75, 3.05) is 18.5 Å². The van der Waals surface area contributed by atoms with E-state index in [0.717, 1.165) is 31.2 Å². The Morgan fingerprint density at radius 2 is 1.75 bits per heavy atom. The molecule has 114 valence electrons. The van der Waals surface area contributed by atoms with Crippen molar-refractivity contribution in [3.05, 3.63) is 42.2 Å². The second kappa shape index (κ2) is 18.4. The predicted molar refractivity (Wildman–Crippen MR) is 93.5 cm³/mol. The van der Waals surface area contributed by atoms with Gasteiger partial charge in [0.2, 0.25) is 0 Å². The molecular formula is C18H29BrO. The van der Waals surface area contributed by atoms with Crippen LogP contribution in [-0.4, -0.2) is 18.5 Å². The van der Waals surface area contributed by atoms with Crippen LogP contribution in [0.1, 0.15) is 51.9 Å². The Kier molecular flexibility index (Phi) is 17.9. The van der Waals surface area contributed by atoms with Crippen molar-refractivity contribution in [2.45, 2.75) is 51.9 Å². The summed E-state index contributed by atoms with van der Waals surface area (Å²) in [5, 5.41) is 1.00. The highest BCUT2D eigenvalue weighted by atomic mass is 79.9. The lowest BCUT2D eigenvalue weighted by molar-refractivity contribution is 0.167. The molecule has 0 fully saturated rings. The van der Waals surface area contributed by atoms with Crippen LogP contribution < -0.4 is 0 Å². The molecule has 2 heteroatoms. The first-order chi connectivity index (χ1) is 9.91. The summed E-state index contributed by atoms with van der Waals surface area (Å²) >= 11 is 3.37. The molecule has 0 rings (SSSR count). The molecule has 0 amide bonds. The molecule has 0 aromatic heterocycles. The minimum Gasteiger partial charge on any atom is -0.377 e. The molecule has 1 nitrogen and oxygen atoms in total. The molecule has 0 spiro atoms. The summed E-state index contributed by atoms with van der Waals surface area (Å²) in [4.78, 5) is 0. The second-order valence-corrected chi connectivity index (χ2v) is 5.38. The highest BCUT2D eigenvalue weighted by Gasteiger charge is 1.82. The van der Waals surface area contributed by atoms with Crippen LogP contribution in [0.3, 0.4) is 0 Å².